The van der Waals surface area contributed by atoms with Crippen LogP contribution in [0.15, 0.2) is 63.0 Å². The highest BCUT2D eigenvalue weighted by Gasteiger charge is 2.28. The van der Waals surface area contributed by atoms with Crippen LogP contribution >= 0.6 is 11.6 Å². The lowest BCUT2D eigenvalue weighted by atomic mass is 10.1. The van der Waals surface area contributed by atoms with Gasteiger partial charge in [0.25, 0.3) is 0 Å². The van der Waals surface area contributed by atoms with Gasteiger partial charge in [0, 0.05) is 5.02 Å². The Hall–Kier alpha value is -2.33. The minimum absolute atomic E-state index is 0.0273. The molecule has 0 radical (unpaired) electrons. The topological polar surface area (TPSA) is 54.6 Å². The standard InChI is InChI=1S/C16H11ClN2O2/c17-9-5-6-14-10(7-9)15(20)11(8-21-14)16-18-12-3-1-2-4-13(12)19-16/h1-8,12-13H,(H,18,19). The van der Waals surface area contributed by atoms with Gasteiger partial charge in [-0.3, -0.25) is 9.79 Å². The van der Waals surface area contributed by atoms with Crippen molar-refractivity contribution in [2.75, 3.05) is 0 Å². The van der Waals surface area contributed by atoms with Crippen molar-refractivity contribution < 1.29 is 4.42 Å². The van der Waals surface area contributed by atoms with E-state index in [9.17, 15) is 4.79 Å². The maximum absolute atomic E-state index is 12.6. The molecular formula is C16H11ClN2O2. The Morgan fingerprint density at radius 3 is 2.95 bits per heavy atom. The molecule has 1 aromatic carbocycles. The van der Waals surface area contributed by atoms with Crippen LogP contribution < -0.4 is 10.7 Å². The van der Waals surface area contributed by atoms with Crippen LogP contribution in [-0.4, -0.2) is 17.9 Å². The summed E-state index contributed by atoms with van der Waals surface area (Å²) >= 11 is 5.96. The molecular weight excluding hydrogens is 288 g/mol. The highest BCUT2D eigenvalue weighted by Crippen LogP contribution is 2.20. The van der Waals surface area contributed by atoms with Gasteiger partial charge >= 0.3 is 0 Å². The summed E-state index contributed by atoms with van der Waals surface area (Å²) < 4.78 is 5.53. The van der Waals surface area contributed by atoms with Crippen LogP contribution in [0.25, 0.3) is 11.0 Å². The first kappa shape index (κ1) is 12.4. The number of hydrogen-bond acceptors (Lipinski definition) is 4. The monoisotopic (exact) mass is 298 g/mol. The number of hydrogen-bond donors (Lipinski definition) is 1. The van der Waals surface area contributed by atoms with Gasteiger partial charge in [-0.2, -0.15) is 0 Å². The number of allylic oxidation sites excluding steroid dienone is 2. The highest BCUT2D eigenvalue weighted by molar-refractivity contribution is 6.31. The van der Waals surface area contributed by atoms with Gasteiger partial charge in [-0.05, 0) is 18.2 Å². The third kappa shape index (κ3) is 1.99. The third-order valence-corrected chi connectivity index (χ3v) is 3.91. The zero-order valence-electron chi connectivity index (χ0n) is 10.9. The lowest BCUT2D eigenvalue weighted by Crippen LogP contribution is -2.35. The van der Waals surface area contributed by atoms with E-state index in [0.717, 1.165) is 0 Å². The summed E-state index contributed by atoms with van der Waals surface area (Å²) in [7, 11) is 0. The van der Waals surface area contributed by atoms with Crippen LogP contribution in [0, 0.1) is 0 Å². The minimum atomic E-state index is -0.128. The smallest absolute Gasteiger partial charge is 0.203 e. The van der Waals surface area contributed by atoms with Gasteiger partial charge in [0.05, 0.1) is 23.0 Å². The van der Waals surface area contributed by atoms with Crippen LogP contribution in [0.1, 0.15) is 5.56 Å². The van der Waals surface area contributed by atoms with E-state index < -0.39 is 0 Å². The molecule has 5 heteroatoms. The predicted molar refractivity (Wildman–Crippen MR) is 83.0 cm³/mol. The zero-order valence-corrected chi connectivity index (χ0v) is 11.7. The summed E-state index contributed by atoms with van der Waals surface area (Å²) in [5.41, 5.74) is 0.821. The first-order chi connectivity index (χ1) is 10.2. The van der Waals surface area contributed by atoms with Crippen LogP contribution in [0.4, 0.5) is 0 Å². The second kappa shape index (κ2) is 4.60. The summed E-state index contributed by atoms with van der Waals surface area (Å²) in [5, 5.41) is 4.22. The van der Waals surface area contributed by atoms with E-state index in [0.29, 0.717) is 27.4 Å². The number of nitrogens with zero attached hydrogens (tertiary/aromatic N) is 1. The van der Waals surface area contributed by atoms with Crippen molar-refractivity contribution in [2.45, 2.75) is 12.1 Å². The van der Waals surface area contributed by atoms with Gasteiger partial charge in [-0.1, -0.05) is 35.9 Å². The lowest BCUT2D eigenvalue weighted by molar-refractivity contribution is 0.600. The predicted octanol–water partition coefficient (Wildman–Crippen LogP) is 2.66. The summed E-state index contributed by atoms with van der Waals surface area (Å²) in [6.07, 6.45) is 9.41. The number of benzene rings is 1. The minimum Gasteiger partial charge on any atom is -0.463 e. The molecule has 2 heterocycles. The molecule has 0 bridgehead atoms. The van der Waals surface area contributed by atoms with E-state index in [2.05, 4.69) is 10.3 Å². The Morgan fingerprint density at radius 1 is 1.24 bits per heavy atom. The fourth-order valence-corrected chi connectivity index (χ4v) is 2.78. The van der Waals surface area contributed by atoms with Crippen molar-refractivity contribution >= 4 is 28.4 Å². The van der Waals surface area contributed by atoms with Crippen molar-refractivity contribution in [1.82, 2.24) is 5.32 Å². The molecule has 2 aliphatic rings. The van der Waals surface area contributed by atoms with Crippen molar-refractivity contribution in [1.29, 1.82) is 0 Å². The maximum Gasteiger partial charge on any atom is 0.203 e. The molecule has 1 aromatic heterocycles. The lowest BCUT2D eigenvalue weighted by Gasteiger charge is -2.13. The van der Waals surface area contributed by atoms with Crippen LogP contribution in [0.5, 0.6) is 0 Å². The Bertz CT molecular complexity index is 879. The molecule has 104 valence electrons. The van der Waals surface area contributed by atoms with E-state index in [4.69, 9.17) is 16.0 Å². The van der Waals surface area contributed by atoms with Gasteiger partial charge in [-0.15, -0.1) is 0 Å². The van der Waals surface area contributed by atoms with Crippen molar-refractivity contribution in [3.05, 3.63) is 69.6 Å². The third-order valence-electron chi connectivity index (χ3n) is 3.68. The number of amidine groups is 1. The average molecular weight is 299 g/mol. The van der Waals surface area contributed by atoms with E-state index in [1.54, 1.807) is 18.2 Å². The molecule has 4 rings (SSSR count). The maximum atomic E-state index is 12.6. The molecule has 1 aliphatic carbocycles. The number of aliphatic imine (C=N–C) groups is 1. The summed E-state index contributed by atoms with van der Waals surface area (Å²) in [6.45, 7) is 0. The summed E-state index contributed by atoms with van der Waals surface area (Å²) in [5.74, 6) is 0.567. The van der Waals surface area contributed by atoms with Crippen molar-refractivity contribution in [2.24, 2.45) is 4.99 Å². The second-order valence-corrected chi connectivity index (χ2v) is 5.46. The number of nitrogens with one attached hydrogen (secondary N) is 1. The largest absolute Gasteiger partial charge is 0.463 e. The van der Waals surface area contributed by atoms with E-state index >= 15 is 0 Å². The average Bonchev–Trinajstić information content (AvgIpc) is 2.92. The fourth-order valence-electron chi connectivity index (χ4n) is 2.61. The Labute approximate surface area is 125 Å². The Morgan fingerprint density at radius 2 is 2.10 bits per heavy atom. The normalized spacial score (nSPS) is 23.0. The van der Waals surface area contributed by atoms with Gasteiger partial charge in [0.1, 0.15) is 17.7 Å². The van der Waals surface area contributed by atoms with E-state index in [1.807, 2.05) is 24.3 Å². The molecule has 0 saturated heterocycles. The first-order valence-electron chi connectivity index (χ1n) is 6.63. The molecule has 2 aromatic rings. The fraction of sp³-hybridized carbons (Fsp3) is 0.125. The summed E-state index contributed by atoms with van der Waals surface area (Å²) in [4.78, 5) is 17.1. The Kier molecular flexibility index (Phi) is 2.72. The molecule has 21 heavy (non-hydrogen) atoms. The number of rotatable bonds is 1. The van der Waals surface area contributed by atoms with E-state index in [-0.39, 0.29) is 17.5 Å². The van der Waals surface area contributed by atoms with Gasteiger partial charge in [-0.25, -0.2) is 0 Å². The van der Waals surface area contributed by atoms with E-state index in [1.165, 1.54) is 6.26 Å². The number of fused-ring (bicyclic) bond motifs is 2. The SMILES string of the molecule is O=c1c(C2=NC3C=CC=CC3N2)coc2ccc(Cl)cc12. The van der Waals surface area contributed by atoms with Crippen molar-refractivity contribution in [3.8, 4) is 0 Å². The number of halogens is 1. The highest BCUT2D eigenvalue weighted by atomic mass is 35.5. The molecule has 0 fully saturated rings. The molecule has 0 saturated carbocycles. The van der Waals surface area contributed by atoms with Gasteiger partial charge in [0.2, 0.25) is 5.43 Å². The molecule has 4 nitrogen and oxygen atoms in total. The van der Waals surface area contributed by atoms with Crippen LogP contribution in [0.2, 0.25) is 5.02 Å². The molecule has 2 unspecified atom stereocenters. The molecule has 1 aliphatic heterocycles. The Balaban J connectivity index is 1.85. The molecule has 0 spiro atoms. The van der Waals surface area contributed by atoms with Gasteiger partial charge in [0.15, 0.2) is 0 Å². The second-order valence-electron chi connectivity index (χ2n) is 5.03. The molecule has 0 amide bonds. The zero-order chi connectivity index (χ0) is 14.4. The quantitative estimate of drug-likeness (QED) is 0.880. The molecule has 1 N–H and O–H groups in total. The van der Waals surface area contributed by atoms with Crippen molar-refractivity contribution in [3.63, 3.8) is 0 Å². The summed E-state index contributed by atoms with van der Waals surface area (Å²) in [6, 6.07) is 5.13. The first-order valence-corrected chi connectivity index (χ1v) is 7.01. The molecule has 2 atom stereocenters. The van der Waals surface area contributed by atoms with Crippen LogP contribution in [0.3, 0.4) is 0 Å². The van der Waals surface area contributed by atoms with Gasteiger partial charge < -0.3 is 9.73 Å². The van der Waals surface area contributed by atoms with Crippen LogP contribution in [-0.2, 0) is 0 Å².